The third-order valence-electron chi connectivity index (χ3n) is 3.99. The standard InChI is InChI=1S/C22H36O3/c1-2-3-4-5-6-7-8-9-10-11-12-13-15-18-21(23)19-16-14-17-20-22(24)25/h14-20,23H,2-13H2,1H3,(H,24,25). The van der Waals surface area contributed by atoms with Gasteiger partial charge in [-0.2, -0.15) is 0 Å². The summed E-state index contributed by atoms with van der Waals surface area (Å²) in [6.07, 6.45) is 26.6. The van der Waals surface area contributed by atoms with Crippen LogP contribution in [0.2, 0.25) is 0 Å². The first kappa shape index (κ1) is 23.2. The molecule has 0 unspecified atom stereocenters. The van der Waals surface area contributed by atoms with E-state index in [1.165, 1.54) is 70.3 Å². The van der Waals surface area contributed by atoms with Crippen LogP contribution in [0.4, 0.5) is 0 Å². The lowest BCUT2D eigenvalue weighted by molar-refractivity contribution is -0.131. The van der Waals surface area contributed by atoms with Crippen LogP contribution in [0.1, 0.15) is 84.0 Å². The van der Waals surface area contributed by atoms with Crippen molar-refractivity contribution in [3.63, 3.8) is 0 Å². The maximum atomic E-state index is 10.2. The lowest BCUT2D eigenvalue weighted by Gasteiger charge is -2.01. The summed E-state index contributed by atoms with van der Waals surface area (Å²) in [5, 5.41) is 18.0. The minimum absolute atomic E-state index is 0.183. The Morgan fingerprint density at radius 1 is 0.720 bits per heavy atom. The molecule has 0 rings (SSSR count). The number of carbonyl (C=O) groups is 1. The van der Waals surface area contributed by atoms with Crippen molar-refractivity contribution < 1.29 is 15.0 Å². The fraction of sp³-hybridized carbons (Fsp3) is 0.591. The molecule has 0 saturated carbocycles. The molecule has 2 N–H and O–H groups in total. The van der Waals surface area contributed by atoms with Gasteiger partial charge in [-0.25, -0.2) is 4.79 Å². The number of hydrogen-bond donors (Lipinski definition) is 2. The van der Waals surface area contributed by atoms with E-state index in [0.29, 0.717) is 0 Å². The van der Waals surface area contributed by atoms with Gasteiger partial charge in [-0.3, -0.25) is 0 Å². The predicted octanol–water partition coefficient (Wildman–Crippen LogP) is 6.88. The van der Waals surface area contributed by atoms with E-state index in [4.69, 9.17) is 5.11 Å². The molecule has 25 heavy (non-hydrogen) atoms. The smallest absolute Gasteiger partial charge is 0.328 e. The van der Waals surface area contributed by atoms with Gasteiger partial charge in [0.1, 0.15) is 5.76 Å². The van der Waals surface area contributed by atoms with Crippen molar-refractivity contribution in [2.24, 2.45) is 0 Å². The molecule has 0 aromatic carbocycles. The zero-order valence-electron chi connectivity index (χ0n) is 15.8. The summed E-state index contributed by atoms with van der Waals surface area (Å²) in [4.78, 5) is 10.2. The third kappa shape index (κ3) is 20.2. The summed E-state index contributed by atoms with van der Waals surface area (Å²) >= 11 is 0. The van der Waals surface area contributed by atoms with Gasteiger partial charge in [-0.1, -0.05) is 95.4 Å². The molecule has 0 aliphatic rings. The molecule has 0 aliphatic heterocycles. The molecule has 142 valence electrons. The van der Waals surface area contributed by atoms with Crippen molar-refractivity contribution >= 4 is 5.97 Å². The van der Waals surface area contributed by atoms with Gasteiger partial charge >= 0.3 is 5.97 Å². The molecule has 0 aromatic rings. The zero-order chi connectivity index (χ0) is 18.6. The number of carboxylic acid groups (broad SMARTS) is 1. The van der Waals surface area contributed by atoms with Crippen LogP contribution in [0.5, 0.6) is 0 Å². The van der Waals surface area contributed by atoms with Crippen LogP contribution in [-0.4, -0.2) is 16.2 Å². The maximum absolute atomic E-state index is 10.2. The van der Waals surface area contributed by atoms with E-state index >= 15 is 0 Å². The number of aliphatic hydroxyl groups excluding tert-OH is 1. The first-order chi connectivity index (χ1) is 12.2. The van der Waals surface area contributed by atoms with Crippen molar-refractivity contribution in [1.29, 1.82) is 0 Å². The molecule has 3 nitrogen and oxygen atoms in total. The molecule has 0 saturated heterocycles. The van der Waals surface area contributed by atoms with Gasteiger partial charge < -0.3 is 10.2 Å². The normalized spacial score (nSPS) is 12.8. The second kappa shape index (κ2) is 18.6. The fourth-order valence-corrected chi connectivity index (χ4v) is 2.54. The molecule has 3 heteroatoms. The van der Waals surface area contributed by atoms with Gasteiger partial charge in [0.2, 0.25) is 0 Å². The van der Waals surface area contributed by atoms with Gasteiger partial charge in [-0.15, -0.1) is 0 Å². The molecule has 0 heterocycles. The van der Waals surface area contributed by atoms with Crippen LogP contribution >= 0.6 is 0 Å². The molecule has 0 fully saturated rings. The highest BCUT2D eigenvalue weighted by Gasteiger charge is 1.92. The molecule has 0 atom stereocenters. The quantitative estimate of drug-likeness (QED) is 0.138. The van der Waals surface area contributed by atoms with Crippen LogP contribution < -0.4 is 0 Å². The summed E-state index contributed by atoms with van der Waals surface area (Å²) in [6.45, 7) is 2.26. The molecule has 0 aromatic heterocycles. The fourth-order valence-electron chi connectivity index (χ4n) is 2.54. The lowest BCUT2D eigenvalue weighted by atomic mass is 10.1. The van der Waals surface area contributed by atoms with Crippen molar-refractivity contribution in [2.45, 2.75) is 84.0 Å². The largest absolute Gasteiger partial charge is 0.508 e. The van der Waals surface area contributed by atoms with Crippen LogP contribution in [0.25, 0.3) is 0 Å². The average Bonchev–Trinajstić information content (AvgIpc) is 2.58. The number of allylic oxidation sites excluding steroid dienone is 6. The number of unbranched alkanes of at least 4 members (excludes halogenated alkanes) is 11. The highest BCUT2D eigenvalue weighted by atomic mass is 16.4. The van der Waals surface area contributed by atoms with Gasteiger partial charge in [0, 0.05) is 6.08 Å². The van der Waals surface area contributed by atoms with E-state index in [1.54, 1.807) is 24.3 Å². The Labute approximate surface area is 153 Å². The Morgan fingerprint density at radius 3 is 1.84 bits per heavy atom. The molecular weight excluding hydrogens is 312 g/mol. The second-order valence-corrected chi connectivity index (χ2v) is 6.40. The Balaban J connectivity index is 3.49. The number of hydrogen-bond acceptors (Lipinski definition) is 2. The lowest BCUT2D eigenvalue weighted by Crippen LogP contribution is -1.84. The van der Waals surface area contributed by atoms with E-state index < -0.39 is 5.97 Å². The monoisotopic (exact) mass is 348 g/mol. The van der Waals surface area contributed by atoms with E-state index in [-0.39, 0.29) is 5.76 Å². The molecule has 0 spiro atoms. The van der Waals surface area contributed by atoms with Crippen molar-refractivity contribution in [3.8, 4) is 0 Å². The summed E-state index contributed by atoms with van der Waals surface area (Å²) < 4.78 is 0. The molecule has 0 radical (unpaired) electrons. The highest BCUT2D eigenvalue weighted by Crippen LogP contribution is 2.12. The number of rotatable bonds is 16. The first-order valence-corrected chi connectivity index (χ1v) is 9.80. The summed E-state index contributed by atoms with van der Waals surface area (Å²) in [7, 11) is 0. The van der Waals surface area contributed by atoms with Crippen molar-refractivity contribution in [2.75, 3.05) is 0 Å². The number of aliphatic carboxylic acids is 1. The predicted molar refractivity (Wildman–Crippen MR) is 107 cm³/mol. The van der Waals surface area contributed by atoms with Gasteiger partial charge in [0.25, 0.3) is 0 Å². The minimum atomic E-state index is -0.982. The Bertz CT molecular complexity index is 431. The SMILES string of the molecule is CCCCCCCCCCCCCC=CC(O)=CC=CC=CC(=O)O. The molecule has 0 bridgehead atoms. The number of aliphatic hydroxyl groups is 1. The van der Waals surface area contributed by atoms with E-state index in [1.807, 2.05) is 6.08 Å². The van der Waals surface area contributed by atoms with Crippen LogP contribution in [-0.2, 0) is 4.79 Å². The molecular formula is C22H36O3. The summed E-state index contributed by atoms with van der Waals surface area (Å²) in [5.41, 5.74) is 0. The van der Waals surface area contributed by atoms with Gasteiger partial charge in [0.15, 0.2) is 0 Å². The van der Waals surface area contributed by atoms with Crippen molar-refractivity contribution in [1.82, 2.24) is 0 Å². The minimum Gasteiger partial charge on any atom is -0.508 e. The average molecular weight is 349 g/mol. The zero-order valence-corrected chi connectivity index (χ0v) is 15.8. The third-order valence-corrected chi connectivity index (χ3v) is 3.99. The maximum Gasteiger partial charge on any atom is 0.328 e. The van der Waals surface area contributed by atoms with E-state index in [0.717, 1.165) is 18.9 Å². The molecule has 0 amide bonds. The van der Waals surface area contributed by atoms with Crippen LogP contribution in [0, 0.1) is 0 Å². The highest BCUT2D eigenvalue weighted by molar-refractivity contribution is 5.80. The van der Waals surface area contributed by atoms with E-state index in [9.17, 15) is 9.90 Å². The summed E-state index contributed by atoms with van der Waals surface area (Å²) in [6, 6.07) is 0. The Hall–Kier alpha value is -1.77. The van der Waals surface area contributed by atoms with E-state index in [2.05, 4.69) is 6.92 Å². The van der Waals surface area contributed by atoms with Gasteiger partial charge in [0.05, 0.1) is 0 Å². The first-order valence-electron chi connectivity index (χ1n) is 9.80. The van der Waals surface area contributed by atoms with Crippen LogP contribution in [0.15, 0.2) is 48.3 Å². The second-order valence-electron chi connectivity index (χ2n) is 6.40. The topological polar surface area (TPSA) is 57.5 Å². The Morgan fingerprint density at radius 2 is 1.28 bits per heavy atom. The number of carboxylic acids is 1. The summed E-state index contributed by atoms with van der Waals surface area (Å²) in [5.74, 6) is -0.798. The van der Waals surface area contributed by atoms with Crippen LogP contribution in [0.3, 0.4) is 0 Å². The Kier molecular flexibility index (Phi) is 17.3. The van der Waals surface area contributed by atoms with Crippen molar-refractivity contribution in [3.05, 3.63) is 48.3 Å². The molecule has 0 aliphatic carbocycles. The van der Waals surface area contributed by atoms with Gasteiger partial charge in [-0.05, 0) is 25.0 Å².